The Morgan fingerprint density at radius 1 is 1.40 bits per heavy atom. The minimum Gasteiger partial charge on any atom is -0.478 e. The lowest BCUT2D eigenvalue weighted by Gasteiger charge is -1.97. The van der Waals surface area contributed by atoms with Crippen LogP contribution in [0.5, 0.6) is 0 Å². The molecule has 0 saturated carbocycles. The Bertz CT molecular complexity index is 454. The molecule has 6 nitrogen and oxygen atoms in total. The molecule has 0 aromatic carbocycles. The Morgan fingerprint density at radius 3 is 2.80 bits per heavy atom. The largest absolute Gasteiger partial charge is 0.478 e. The van der Waals surface area contributed by atoms with Crippen LogP contribution in [-0.2, 0) is 0 Å². The summed E-state index contributed by atoms with van der Waals surface area (Å²) in [5.74, 6) is -0.987. The van der Waals surface area contributed by atoms with Crippen molar-refractivity contribution in [2.24, 2.45) is 0 Å². The number of aromatic nitrogens is 4. The Kier molecular flexibility index (Phi) is 2.64. The van der Waals surface area contributed by atoms with Gasteiger partial charge in [-0.05, 0) is 23.9 Å². The lowest BCUT2D eigenvalue weighted by molar-refractivity contribution is 0.0696. The van der Waals surface area contributed by atoms with Gasteiger partial charge in [0, 0.05) is 6.20 Å². The zero-order valence-electron chi connectivity index (χ0n) is 7.41. The van der Waals surface area contributed by atoms with Crippen molar-refractivity contribution in [2.75, 3.05) is 0 Å². The minimum atomic E-state index is -0.987. The van der Waals surface area contributed by atoms with E-state index in [9.17, 15) is 4.79 Å². The van der Waals surface area contributed by atoms with Gasteiger partial charge in [0.15, 0.2) is 5.16 Å². The summed E-state index contributed by atoms with van der Waals surface area (Å²) in [6, 6.07) is 3.12. The van der Waals surface area contributed by atoms with Gasteiger partial charge in [-0.25, -0.2) is 14.8 Å². The highest BCUT2D eigenvalue weighted by molar-refractivity contribution is 7.99. The number of carboxylic acids is 1. The molecular weight excluding hydrogens is 216 g/mol. The number of rotatable bonds is 3. The van der Waals surface area contributed by atoms with Crippen LogP contribution < -0.4 is 0 Å². The molecule has 0 atom stereocenters. The van der Waals surface area contributed by atoms with E-state index >= 15 is 0 Å². The fourth-order valence-electron chi connectivity index (χ4n) is 0.910. The third kappa shape index (κ3) is 2.32. The number of pyridine rings is 1. The van der Waals surface area contributed by atoms with Crippen molar-refractivity contribution in [3.05, 3.63) is 30.2 Å². The van der Waals surface area contributed by atoms with Crippen LogP contribution in [0.1, 0.15) is 10.4 Å². The van der Waals surface area contributed by atoms with Crippen LogP contribution in [0.2, 0.25) is 0 Å². The summed E-state index contributed by atoms with van der Waals surface area (Å²) in [6.07, 6.45) is 2.70. The third-order valence-electron chi connectivity index (χ3n) is 1.58. The van der Waals surface area contributed by atoms with Crippen LogP contribution in [0.15, 0.2) is 34.8 Å². The van der Waals surface area contributed by atoms with Crippen LogP contribution in [0.3, 0.4) is 0 Å². The van der Waals surface area contributed by atoms with E-state index in [0.29, 0.717) is 10.2 Å². The fraction of sp³-hybridized carbons (Fsp3) is 0. The van der Waals surface area contributed by atoms with Crippen molar-refractivity contribution >= 4 is 17.7 Å². The highest BCUT2D eigenvalue weighted by Gasteiger charge is 2.04. The number of carbonyl (C=O) groups is 1. The van der Waals surface area contributed by atoms with Gasteiger partial charge in [-0.15, -0.1) is 0 Å². The molecule has 0 bridgehead atoms. The fourth-order valence-corrected chi connectivity index (χ4v) is 1.55. The topological polar surface area (TPSA) is 91.8 Å². The van der Waals surface area contributed by atoms with Gasteiger partial charge < -0.3 is 5.11 Å². The molecule has 0 aliphatic heterocycles. The molecule has 0 saturated heterocycles. The summed E-state index contributed by atoms with van der Waals surface area (Å²) in [4.78, 5) is 18.4. The second kappa shape index (κ2) is 4.09. The molecule has 0 fully saturated rings. The van der Waals surface area contributed by atoms with Crippen LogP contribution in [0, 0.1) is 0 Å². The van der Waals surface area contributed by atoms with Crippen molar-refractivity contribution in [3.8, 4) is 0 Å². The van der Waals surface area contributed by atoms with Gasteiger partial charge in [0.25, 0.3) is 0 Å². The number of hydrogen-bond acceptors (Lipinski definition) is 5. The van der Waals surface area contributed by atoms with Crippen molar-refractivity contribution < 1.29 is 9.90 Å². The molecule has 7 heteroatoms. The first-order valence-corrected chi connectivity index (χ1v) is 4.80. The SMILES string of the molecule is O=C(O)c1ccc(Sc2ncn[nH]2)nc1. The van der Waals surface area contributed by atoms with Crippen molar-refractivity contribution in [2.45, 2.75) is 10.2 Å². The van der Waals surface area contributed by atoms with Gasteiger partial charge in [0.05, 0.1) is 5.56 Å². The molecule has 0 aliphatic carbocycles. The zero-order valence-corrected chi connectivity index (χ0v) is 8.23. The molecule has 0 unspecified atom stereocenters. The number of aromatic amines is 1. The molecule has 15 heavy (non-hydrogen) atoms. The molecule has 0 amide bonds. The van der Waals surface area contributed by atoms with E-state index in [1.165, 1.54) is 30.4 Å². The van der Waals surface area contributed by atoms with Gasteiger partial charge in [-0.2, -0.15) is 5.10 Å². The summed E-state index contributed by atoms with van der Waals surface area (Å²) in [5, 5.41) is 16.3. The molecule has 2 aromatic rings. The van der Waals surface area contributed by atoms with Crippen molar-refractivity contribution in [1.82, 2.24) is 20.2 Å². The van der Waals surface area contributed by atoms with E-state index in [-0.39, 0.29) is 5.56 Å². The van der Waals surface area contributed by atoms with E-state index in [4.69, 9.17) is 5.11 Å². The molecule has 76 valence electrons. The summed E-state index contributed by atoms with van der Waals surface area (Å²) in [6.45, 7) is 0. The quantitative estimate of drug-likeness (QED) is 0.806. The Morgan fingerprint density at radius 2 is 2.27 bits per heavy atom. The third-order valence-corrected chi connectivity index (χ3v) is 2.42. The van der Waals surface area contributed by atoms with Crippen LogP contribution in [0.4, 0.5) is 0 Å². The highest BCUT2D eigenvalue weighted by atomic mass is 32.2. The average molecular weight is 222 g/mol. The molecule has 2 rings (SSSR count). The van der Waals surface area contributed by atoms with Gasteiger partial charge in [0.1, 0.15) is 11.4 Å². The average Bonchev–Trinajstić information content (AvgIpc) is 2.71. The number of nitrogens with zero attached hydrogens (tertiary/aromatic N) is 3. The van der Waals surface area contributed by atoms with Gasteiger partial charge in [-0.3, -0.25) is 5.10 Å². The number of aromatic carboxylic acids is 1. The second-order valence-electron chi connectivity index (χ2n) is 2.58. The number of H-pyrrole nitrogens is 1. The predicted molar refractivity (Wildman–Crippen MR) is 51.7 cm³/mol. The van der Waals surface area contributed by atoms with Gasteiger partial charge in [0.2, 0.25) is 0 Å². The number of hydrogen-bond donors (Lipinski definition) is 2. The standard InChI is InChI=1S/C8H6N4O2S/c13-7(14)5-1-2-6(9-3-5)15-8-10-4-11-12-8/h1-4H,(H,13,14)(H,10,11,12). The minimum absolute atomic E-state index is 0.164. The second-order valence-corrected chi connectivity index (χ2v) is 3.59. The maximum atomic E-state index is 10.6. The van der Waals surface area contributed by atoms with Crippen molar-refractivity contribution in [1.29, 1.82) is 0 Å². The monoisotopic (exact) mass is 222 g/mol. The molecule has 0 spiro atoms. The molecular formula is C8H6N4O2S. The van der Waals surface area contributed by atoms with Crippen LogP contribution in [0.25, 0.3) is 0 Å². The Hall–Kier alpha value is -1.89. The maximum Gasteiger partial charge on any atom is 0.337 e. The Labute approximate surface area is 88.8 Å². The smallest absolute Gasteiger partial charge is 0.337 e. The summed E-state index contributed by atoms with van der Waals surface area (Å²) in [5.41, 5.74) is 0.164. The summed E-state index contributed by atoms with van der Waals surface area (Å²) in [7, 11) is 0. The van der Waals surface area contributed by atoms with E-state index in [1.807, 2.05) is 0 Å². The lowest BCUT2D eigenvalue weighted by atomic mass is 10.3. The normalized spacial score (nSPS) is 10.1. The predicted octanol–water partition coefficient (Wildman–Crippen LogP) is 1.05. The number of carboxylic acid groups (broad SMARTS) is 1. The lowest BCUT2D eigenvalue weighted by Crippen LogP contribution is -1.96. The maximum absolute atomic E-state index is 10.6. The number of nitrogens with one attached hydrogen (secondary N) is 1. The summed E-state index contributed by atoms with van der Waals surface area (Å²) >= 11 is 1.28. The van der Waals surface area contributed by atoms with Gasteiger partial charge in [-0.1, -0.05) is 0 Å². The van der Waals surface area contributed by atoms with E-state index < -0.39 is 5.97 Å². The molecule has 0 aliphatic rings. The first kappa shape index (κ1) is 9.66. The zero-order chi connectivity index (χ0) is 10.7. The molecule has 0 radical (unpaired) electrons. The summed E-state index contributed by atoms with van der Waals surface area (Å²) < 4.78 is 0. The Balaban J connectivity index is 2.14. The van der Waals surface area contributed by atoms with Crippen LogP contribution in [-0.4, -0.2) is 31.2 Å². The van der Waals surface area contributed by atoms with E-state index in [0.717, 1.165) is 0 Å². The first-order chi connectivity index (χ1) is 7.25. The highest BCUT2D eigenvalue weighted by Crippen LogP contribution is 2.21. The molecule has 2 heterocycles. The van der Waals surface area contributed by atoms with Crippen molar-refractivity contribution in [3.63, 3.8) is 0 Å². The first-order valence-electron chi connectivity index (χ1n) is 3.98. The van der Waals surface area contributed by atoms with E-state index in [1.54, 1.807) is 6.07 Å². The molecule has 2 N–H and O–H groups in total. The van der Waals surface area contributed by atoms with Crippen LogP contribution >= 0.6 is 11.8 Å². The van der Waals surface area contributed by atoms with Gasteiger partial charge >= 0.3 is 5.97 Å². The molecule has 2 aromatic heterocycles. The van der Waals surface area contributed by atoms with E-state index in [2.05, 4.69) is 20.2 Å².